The van der Waals surface area contributed by atoms with Crippen molar-refractivity contribution in [1.82, 2.24) is 0 Å². The first-order valence-electron chi connectivity index (χ1n) is 9.96. The SMILES string of the molecule is COc1ccc(C(=O)COC(=O)c2ccccc2NS(=O)(=O)c2ccc(F)cc2C)cc1OC. The third-order valence-electron chi connectivity index (χ3n) is 4.86. The predicted octanol–water partition coefficient (Wildman–Crippen LogP) is 3.99. The molecular weight excluding hydrogens is 465 g/mol. The molecule has 0 atom stereocenters. The van der Waals surface area contributed by atoms with Crippen molar-refractivity contribution in [1.29, 1.82) is 0 Å². The lowest BCUT2D eigenvalue weighted by Crippen LogP contribution is -2.19. The highest BCUT2D eigenvalue weighted by Crippen LogP contribution is 2.28. The average molecular weight is 488 g/mol. The van der Waals surface area contributed by atoms with Crippen LogP contribution in [0.3, 0.4) is 0 Å². The molecule has 8 nitrogen and oxygen atoms in total. The lowest BCUT2D eigenvalue weighted by Gasteiger charge is -2.14. The number of carbonyl (C=O) groups is 2. The van der Waals surface area contributed by atoms with Gasteiger partial charge in [0.15, 0.2) is 23.9 Å². The van der Waals surface area contributed by atoms with Crippen molar-refractivity contribution >= 4 is 27.5 Å². The maximum absolute atomic E-state index is 13.4. The molecule has 0 heterocycles. The summed E-state index contributed by atoms with van der Waals surface area (Å²) in [5, 5.41) is 0. The summed E-state index contributed by atoms with van der Waals surface area (Å²) in [6.07, 6.45) is 0. The number of benzene rings is 3. The van der Waals surface area contributed by atoms with Crippen LogP contribution in [-0.4, -0.2) is 41.0 Å². The van der Waals surface area contributed by atoms with E-state index in [9.17, 15) is 22.4 Å². The van der Waals surface area contributed by atoms with Crippen LogP contribution in [0, 0.1) is 12.7 Å². The standard InChI is InChI=1S/C24H22FNO7S/c1-15-12-17(25)9-11-23(15)34(29,30)26-19-7-5-4-6-18(19)24(28)33-14-20(27)16-8-10-21(31-2)22(13-16)32-3/h4-13,26H,14H2,1-3H3. The molecule has 0 aliphatic carbocycles. The average Bonchev–Trinajstić information content (AvgIpc) is 2.81. The summed E-state index contributed by atoms with van der Waals surface area (Å²) in [6, 6.07) is 13.6. The molecule has 178 valence electrons. The van der Waals surface area contributed by atoms with Crippen molar-refractivity contribution in [3.05, 3.63) is 83.2 Å². The Bertz CT molecular complexity index is 1340. The normalized spacial score (nSPS) is 10.9. The minimum Gasteiger partial charge on any atom is -0.493 e. The fraction of sp³-hybridized carbons (Fsp3) is 0.167. The van der Waals surface area contributed by atoms with Gasteiger partial charge in [0.25, 0.3) is 10.0 Å². The van der Waals surface area contributed by atoms with Crippen molar-refractivity contribution < 1.29 is 36.6 Å². The van der Waals surface area contributed by atoms with Crippen molar-refractivity contribution in [3.63, 3.8) is 0 Å². The molecule has 3 aromatic rings. The number of hydrogen-bond donors (Lipinski definition) is 1. The number of Topliss-reactive ketones (excluding diaryl/α,β-unsaturated/α-hetero) is 1. The van der Waals surface area contributed by atoms with Crippen molar-refractivity contribution in [3.8, 4) is 11.5 Å². The van der Waals surface area contributed by atoms with E-state index >= 15 is 0 Å². The second-order valence-corrected chi connectivity index (χ2v) is 8.78. The van der Waals surface area contributed by atoms with Crippen LogP contribution in [0.2, 0.25) is 0 Å². The molecule has 0 aliphatic rings. The minimum absolute atomic E-state index is 0.0465. The van der Waals surface area contributed by atoms with E-state index in [1.54, 1.807) is 6.07 Å². The number of para-hydroxylation sites is 1. The first-order valence-corrected chi connectivity index (χ1v) is 11.4. The Balaban J connectivity index is 1.76. The van der Waals surface area contributed by atoms with Gasteiger partial charge in [-0.1, -0.05) is 12.1 Å². The molecule has 10 heteroatoms. The summed E-state index contributed by atoms with van der Waals surface area (Å²) in [4.78, 5) is 25.0. The molecular formula is C24H22FNO7S. The number of nitrogens with one attached hydrogen (secondary N) is 1. The summed E-state index contributed by atoms with van der Waals surface area (Å²) in [6.45, 7) is 0.879. The zero-order chi connectivity index (χ0) is 24.9. The second-order valence-electron chi connectivity index (χ2n) is 7.13. The summed E-state index contributed by atoms with van der Waals surface area (Å²) >= 11 is 0. The van der Waals surface area contributed by atoms with Gasteiger partial charge in [0, 0.05) is 5.56 Å². The zero-order valence-corrected chi connectivity index (χ0v) is 19.4. The van der Waals surface area contributed by atoms with Crippen molar-refractivity contribution in [2.75, 3.05) is 25.5 Å². The van der Waals surface area contributed by atoms with Crippen LogP contribution in [0.1, 0.15) is 26.3 Å². The van der Waals surface area contributed by atoms with E-state index in [2.05, 4.69) is 4.72 Å². The Kier molecular flexibility index (Phi) is 7.52. The number of hydrogen-bond acceptors (Lipinski definition) is 7. The highest BCUT2D eigenvalue weighted by Gasteiger charge is 2.22. The Morgan fingerprint density at radius 3 is 2.32 bits per heavy atom. The molecule has 0 saturated heterocycles. The molecule has 0 spiro atoms. The Morgan fingerprint density at radius 2 is 1.65 bits per heavy atom. The van der Waals surface area contributed by atoms with Crippen molar-refractivity contribution in [2.24, 2.45) is 0 Å². The molecule has 0 saturated carbocycles. The molecule has 0 radical (unpaired) electrons. The Labute approximate surface area is 196 Å². The molecule has 3 aromatic carbocycles. The number of halogens is 1. The van der Waals surface area contributed by atoms with E-state index in [0.717, 1.165) is 18.2 Å². The Morgan fingerprint density at radius 1 is 0.941 bits per heavy atom. The third kappa shape index (κ3) is 5.52. The highest BCUT2D eigenvalue weighted by molar-refractivity contribution is 7.92. The molecule has 0 amide bonds. The van der Waals surface area contributed by atoms with Gasteiger partial charge in [0.1, 0.15) is 5.82 Å². The number of methoxy groups -OCH3 is 2. The molecule has 0 fully saturated rings. The van der Waals surface area contributed by atoms with E-state index in [-0.39, 0.29) is 27.3 Å². The highest BCUT2D eigenvalue weighted by atomic mass is 32.2. The second kappa shape index (κ2) is 10.3. The smallest absolute Gasteiger partial charge is 0.340 e. The fourth-order valence-corrected chi connectivity index (χ4v) is 4.47. The van der Waals surface area contributed by atoms with E-state index in [1.165, 1.54) is 57.5 Å². The summed E-state index contributed by atoms with van der Waals surface area (Å²) < 4.78 is 56.7. The first kappa shape index (κ1) is 24.7. The number of sulfonamides is 1. The summed E-state index contributed by atoms with van der Waals surface area (Å²) in [5.74, 6) is -1.18. The number of ketones is 1. The van der Waals surface area contributed by atoms with Crippen LogP contribution < -0.4 is 14.2 Å². The number of esters is 1. The van der Waals surface area contributed by atoms with Gasteiger partial charge in [0.05, 0.1) is 30.4 Å². The molecule has 0 unspecified atom stereocenters. The first-order chi connectivity index (χ1) is 16.2. The van der Waals surface area contributed by atoms with Crippen LogP contribution in [0.15, 0.2) is 65.6 Å². The van der Waals surface area contributed by atoms with Gasteiger partial charge in [-0.15, -0.1) is 0 Å². The monoisotopic (exact) mass is 487 g/mol. The fourth-order valence-electron chi connectivity index (χ4n) is 3.17. The number of rotatable bonds is 9. The van der Waals surface area contributed by atoms with Crippen LogP contribution in [-0.2, 0) is 14.8 Å². The van der Waals surface area contributed by atoms with Gasteiger partial charge < -0.3 is 14.2 Å². The molecule has 1 N–H and O–H groups in total. The molecule has 34 heavy (non-hydrogen) atoms. The third-order valence-corrected chi connectivity index (χ3v) is 6.38. The lowest BCUT2D eigenvalue weighted by molar-refractivity contribution is 0.0475. The van der Waals surface area contributed by atoms with Crippen LogP contribution >= 0.6 is 0 Å². The molecule has 3 rings (SSSR count). The van der Waals surface area contributed by atoms with Crippen LogP contribution in [0.25, 0.3) is 0 Å². The van der Waals surface area contributed by atoms with Gasteiger partial charge >= 0.3 is 5.97 Å². The van der Waals surface area contributed by atoms with E-state index in [4.69, 9.17) is 14.2 Å². The predicted molar refractivity (Wildman–Crippen MR) is 123 cm³/mol. The maximum Gasteiger partial charge on any atom is 0.340 e. The van der Waals surface area contributed by atoms with Gasteiger partial charge in [0.2, 0.25) is 0 Å². The van der Waals surface area contributed by atoms with Crippen LogP contribution in [0.4, 0.5) is 10.1 Å². The quantitative estimate of drug-likeness (QED) is 0.359. The Hall–Kier alpha value is -3.92. The summed E-state index contributed by atoms with van der Waals surface area (Å²) in [5.41, 5.74) is 0.306. The molecule has 0 aromatic heterocycles. The van der Waals surface area contributed by atoms with Gasteiger partial charge in [-0.25, -0.2) is 17.6 Å². The molecule has 0 aliphatic heterocycles. The summed E-state index contributed by atoms with van der Waals surface area (Å²) in [7, 11) is -1.23. The maximum atomic E-state index is 13.4. The van der Waals surface area contributed by atoms with Gasteiger partial charge in [-0.05, 0) is 61.0 Å². The number of carbonyl (C=O) groups excluding carboxylic acids is 2. The van der Waals surface area contributed by atoms with E-state index < -0.39 is 34.2 Å². The van der Waals surface area contributed by atoms with Gasteiger partial charge in [-0.3, -0.25) is 9.52 Å². The van der Waals surface area contributed by atoms with E-state index in [0.29, 0.717) is 11.5 Å². The van der Waals surface area contributed by atoms with Gasteiger partial charge in [-0.2, -0.15) is 0 Å². The van der Waals surface area contributed by atoms with Crippen LogP contribution in [0.5, 0.6) is 11.5 Å². The lowest BCUT2D eigenvalue weighted by atomic mass is 10.1. The zero-order valence-electron chi connectivity index (χ0n) is 18.6. The van der Waals surface area contributed by atoms with E-state index in [1.807, 2.05) is 0 Å². The number of ether oxygens (including phenoxy) is 3. The topological polar surface area (TPSA) is 108 Å². The minimum atomic E-state index is -4.12. The van der Waals surface area contributed by atoms with Crippen molar-refractivity contribution in [2.45, 2.75) is 11.8 Å². The largest absolute Gasteiger partial charge is 0.493 e. The number of aryl methyl sites for hydroxylation is 1. The number of anilines is 1. The molecule has 0 bridgehead atoms.